The first-order valence-corrected chi connectivity index (χ1v) is 9.78. The van der Waals surface area contributed by atoms with Gasteiger partial charge < -0.3 is 21.3 Å². The van der Waals surface area contributed by atoms with Crippen LogP contribution in [0.1, 0.15) is 53.4 Å². The SMILES string of the molecule is CCCNc1nc(NCCC)c2nc(NCCC)nc(NCCC)c2n1.Cl. The van der Waals surface area contributed by atoms with Crippen LogP contribution in [0, 0.1) is 0 Å². The third-order valence-corrected chi connectivity index (χ3v) is 3.69. The molecule has 2 aromatic heterocycles. The lowest BCUT2D eigenvalue weighted by Crippen LogP contribution is -2.13. The van der Waals surface area contributed by atoms with E-state index in [2.05, 4.69) is 68.9 Å². The molecule has 0 aliphatic heterocycles. The van der Waals surface area contributed by atoms with Gasteiger partial charge in [0.1, 0.15) is 11.0 Å². The van der Waals surface area contributed by atoms with E-state index in [1.165, 1.54) is 0 Å². The molecule has 0 radical (unpaired) electrons. The fourth-order valence-corrected chi connectivity index (χ4v) is 2.38. The summed E-state index contributed by atoms with van der Waals surface area (Å²) in [4.78, 5) is 18.6. The van der Waals surface area contributed by atoms with Crippen molar-refractivity contribution in [3.63, 3.8) is 0 Å². The van der Waals surface area contributed by atoms with E-state index in [4.69, 9.17) is 0 Å². The van der Waals surface area contributed by atoms with Gasteiger partial charge in [0.25, 0.3) is 0 Å². The van der Waals surface area contributed by atoms with E-state index in [1.807, 2.05) is 0 Å². The Kier molecular flexibility index (Phi) is 10.5. The Morgan fingerprint density at radius 1 is 0.519 bits per heavy atom. The number of nitrogens with one attached hydrogen (secondary N) is 4. The number of fused-ring (bicyclic) bond motifs is 1. The minimum atomic E-state index is 0. The van der Waals surface area contributed by atoms with Gasteiger partial charge in [-0.25, -0.2) is 9.97 Å². The van der Waals surface area contributed by atoms with Crippen molar-refractivity contribution in [1.82, 2.24) is 19.9 Å². The molecule has 0 saturated heterocycles. The van der Waals surface area contributed by atoms with Gasteiger partial charge >= 0.3 is 0 Å². The van der Waals surface area contributed by atoms with E-state index < -0.39 is 0 Å². The van der Waals surface area contributed by atoms with Crippen LogP contribution in [0.3, 0.4) is 0 Å². The second kappa shape index (κ2) is 12.3. The average Bonchev–Trinajstić information content (AvgIpc) is 2.67. The van der Waals surface area contributed by atoms with Gasteiger partial charge in [-0.05, 0) is 25.7 Å². The molecule has 0 fully saturated rings. The van der Waals surface area contributed by atoms with Gasteiger partial charge in [0.15, 0.2) is 11.6 Å². The molecule has 0 aromatic carbocycles. The van der Waals surface area contributed by atoms with E-state index in [0.29, 0.717) is 11.9 Å². The number of rotatable bonds is 12. The van der Waals surface area contributed by atoms with Crippen molar-refractivity contribution in [1.29, 1.82) is 0 Å². The van der Waals surface area contributed by atoms with E-state index in [-0.39, 0.29) is 12.4 Å². The normalized spacial score (nSPS) is 10.4. The molecule has 0 aliphatic carbocycles. The molecule has 9 heteroatoms. The zero-order valence-corrected chi connectivity index (χ0v) is 17.7. The van der Waals surface area contributed by atoms with Crippen molar-refractivity contribution < 1.29 is 0 Å². The van der Waals surface area contributed by atoms with Crippen LogP contribution < -0.4 is 21.3 Å². The van der Waals surface area contributed by atoms with Gasteiger partial charge in [0.2, 0.25) is 11.9 Å². The van der Waals surface area contributed by atoms with Crippen molar-refractivity contribution >= 4 is 47.0 Å². The van der Waals surface area contributed by atoms with E-state index in [1.54, 1.807) is 0 Å². The summed E-state index contributed by atoms with van der Waals surface area (Å²) in [6.07, 6.45) is 4.04. The molecule has 0 aliphatic rings. The topological polar surface area (TPSA) is 99.7 Å². The Morgan fingerprint density at radius 2 is 0.852 bits per heavy atom. The molecule has 8 nitrogen and oxygen atoms in total. The van der Waals surface area contributed by atoms with Gasteiger partial charge in [0, 0.05) is 26.2 Å². The molecular formula is C18H33ClN8. The lowest BCUT2D eigenvalue weighted by molar-refractivity contribution is 0.934. The highest BCUT2D eigenvalue weighted by Gasteiger charge is 2.15. The van der Waals surface area contributed by atoms with Crippen molar-refractivity contribution in [3.05, 3.63) is 0 Å². The first kappa shape index (κ1) is 23.0. The lowest BCUT2D eigenvalue weighted by Gasteiger charge is -2.15. The molecule has 2 heterocycles. The molecule has 0 amide bonds. The predicted octanol–water partition coefficient (Wildman–Crippen LogP) is 4.13. The van der Waals surface area contributed by atoms with Crippen LogP contribution in [0.15, 0.2) is 0 Å². The molecule has 2 aromatic rings. The number of hydrogen-bond donors (Lipinski definition) is 4. The Hall–Kier alpha value is -2.09. The number of nitrogens with zero attached hydrogens (tertiary/aromatic N) is 4. The quantitative estimate of drug-likeness (QED) is 0.425. The first-order valence-electron chi connectivity index (χ1n) is 9.78. The zero-order chi connectivity index (χ0) is 18.8. The standard InChI is InChI=1S/C18H32N8.ClH/c1-5-9-19-15-13-14(24-17(25-15)21-11-7-3)16(20-10-6-2)26-18(23-13)22-12-8-4;/h5-12H2,1-4H3,(H2,19,21,24,25)(H2,20,22,23,26);1H. The van der Waals surface area contributed by atoms with Crippen LogP contribution in [-0.4, -0.2) is 46.1 Å². The maximum absolute atomic E-state index is 4.68. The number of anilines is 4. The molecule has 2 rings (SSSR count). The van der Waals surface area contributed by atoms with E-state index >= 15 is 0 Å². The fourth-order valence-electron chi connectivity index (χ4n) is 2.38. The van der Waals surface area contributed by atoms with Crippen LogP contribution >= 0.6 is 12.4 Å². The summed E-state index contributed by atoms with van der Waals surface area (Å²) in [6, 6.07) is 0. The molecule has 0 saturated carbocycles. The summed E-state index contributed by atoms with van der Waals surface area (Å²) in [5.74, 6) is 2.71. The highest BCUT2D eigenvalue weighted by Crippen LogP contribution is 2.27. The van der Waals surface area contributed by atoms with E-state index in [9.17, 15) is 0 Å². The van der Waals surface area contributed by atoms with Crippen molar-refractivity contribution in [2.24, 2.45) is 0 Å². The molecule has 0 bridgehead atoms. The van der Waals surface area contributed by atoms with Crippen LogP contribution in [0.2, 0.25) is 0 Å². The minimum Gasteiger partial charge on any atom is -0.368 e. The van der Waals surface area contributed by atoms with Crippen molar-refractivity contribution in [2.45, 2.75) is 53.4 Å². The Morgan fingerprint density at radius 3 is 1.19 bits per heavy atom. The van der Waals surface area contributed by atoms with Gasteiger partial charge in [-0.2, -0.15) is 9.97 Å². The maximum atomic E-state index is 4.68. The smallest absolute Gasteiger partial charge is 0.225 e. The summed E-state index contributed by atoms with van der Waals surface area (Å²) in [6.45, 7) is 11.8. The van der Waals surface area contributed by atoms with Gasteiger partial charge in [-0.3, -0.25) is 0 Å². The second-order valence-corrected chi connectivity index (χ2v) is 6.20. The predicted molar refractivity (Wildman–Crippen MR) is 117 cm³/mol. The highest BCUT2D eigenvalue weighted by molar-refractivity contribution is 5.94. The van der Waals surface area contributed by atoms with Crippen molar-refractivity contribution in [2.75, 3.05) is 47.4 Å². The summed E-state index contributed by atoms with van der Waals surface area (Å²) in [5.41, 5.74) is 1.49. The summed E-state index contributed by atoms with van der Waals surface area (Å²) < 4.78 is 0. The summed E-state index contributed by atoms with van der Waals surface area (Å²) in [7, 11) is 0. The van der Waals surface area contributed by atoms with Gasteiger partial charge in [0.05, 0.1) is 0 Å². The Labute approximate surface area is 168 Å². The Balaban J connectivity index is 0.00000364. The third kappa shape index (κ3) is 6.53. The fraction of sp³-hybridized carbons (Fsp3) is 0.667. The molecule has 4 N–H and O–H groups in total. The minimum absolute atomic E-state index is 0. The summed E-state index contributed by atoms with van der Waals surface area (Å²) in [5, 5.41) is 13.3. The van der Waals surface area contributed by atoms with Crippen LogP contribution in [0.4, 0.5) is 23.5 Å². The molecular weight excluding hydrogens is 364 g/mol. The Bertz CT molecular complexity index is 635. The molecule has 0 spiro atoms. The van der Waals surface area contributed by atoms with Gasteiger partial charge in [-0.1, -0.05) is 27.7 Å². The van der Waals surface area contributed by atoms with E-state index in [0.717, 1.165) is 74.5 Å². The molecule has 0 atom stereocenters. The third-order valence-electron chi connectivity index (χ3n) is 3.69. The van der Waals surface area contributed by atoms with Crippen LogP contribution in [0.25, 0.3) is 11.0 Å². The van der Waals surface area contributed by atoms with Crippen LogP contribution in [0.5, 0.6) is 0 Å². The lowest BCUT2D eigenvalue weighted by atomic mass is 10.3. The number of halogens is 1. The summed E-state index contributed by atoms with van der Waals surface area (Å²) >= 11 is 0. The second-order valence-electron chi connectivity index (χ2n) is 6.20. The van der Waals surface area contributed by atoms with Crippen LogP contribution in [-0.2, 0) is 0 Å². The molecule has 0 unspecified atom stereocenters. The number of aromatic nitrogens is 4. The van der Waals surface area contributed by atoms with Gasteiger partial charge in [-0.15, -0.1) is 12.4 Å². The monoisotopic (exact) mass is 396 g/mol. The number of hydrogen-bond acceptors (Lipinski definition) is 8. The highest BCUT2D eigenvalue weighted by atomic mass is 35.5. The largest absolute Gasteiger partial charge is 0.368 e. The van der Waals surface area contributed by atoms with Crippen molar-refractivity contribution in [3.8, 4) is 0 Å². The molecule has 152 valence electrons. The molecule has 27 heavy (non-hydrogen) atoms. The first-order chi connectivity index (χ1) is 12.7. The zero-order valence-electron chi connectivity index (χ0n) is 16.9. The maximum Gasteiger partial charge on any atom is 0.225 e. The average molecular weight is 397 g/mol.